The maximum Gasteiger partial charge on any atom is 0.293 e. The largest absolute Gasteiger partial charge is 0.380 e. The molecule has 0 spiro atoms. The van der Waals surface area contributed by atoms with Gasteiger partial charge in [-0.05, 0) is 56.5 Å². The SMILES string of the molecule is CCOCCn1c(=NC(=O)c2ccc(N3CCCCC3)c([N+](=O)[O-])c2)sc2cc(Cl)ccc21. The lowest BCUT2D eigenvalue weighted by molar-refractivity contribution is -0.384. The monoisotopic (exact) mass is 488 g/mol. The van der Waals surface area contributed by atoms with E-state index in [4.69, 9.17) is 16.3 Å². The zero-order valence-corrected chi connectivity index (χ0v) is 19.9. The molecule has 0 bridgehead atoms. The quantitative estimate of drug-likeness (QED) is 0.264. The molecule has 1 amide bonds. The number of piperidine rings is 1. The number of nitrogens with zero attached hydrogens (tertiary/aromatic N) is 4. The number of hydrogen-bond donors (Lipinski definition) is 0. The molecule has 2 heterocycles. The van der Waals surface area contributed by atoms with Gasteiger partial charge in [0.15, 0.2) is 4.80 Å². The van der Waals surface area contributed by atoms with E-state index in [1.54, 1.807) is 18.2 Å². The van der Waals surface area contributed by atoms with E-state index in [0.717, 1.165) is 42.6 Å². The first-order valence-electron chi connectivity index (χ1n) is 11.0. The van der Waals surface area contributed by atoms with Gasteiger partial charge in [0, 0.05) is 42.9 Å². The number of nitro groups is 1. The Balaban J connectivity index is 1.72. The maximum absolute atomic E-state index is 13.0. The number of nitro benzene ring substituents is 1. The third kappa shape index (κ3) is 5.26. The van der Waals surface area contributed by atoms with Gasteiger partial charge < -0.3 is 14.2 Å². The fourth-order valence-electron chi connectivity index (χ4n) is 4.00. The summed E-state index contributed by atoms with van der Waals surface area (Å²) >= 11 is 7.49. The summed E-state index contributed by atoms with van der Waals surface area (Å²) in [5.74, 6) is -0.522. The van der Waals surface area contributed by atoms with E-state index in [9.17, 15) is 14.9 Å². The molecule has 1 aliphatic rings. The summed E-state index contributed by atoms with van der Waals surface area (Å²) in [6.45, 7) is 5.07. The minimum Gasteiger partial charge on any atom is -0.380 e. The van der Waals surface area contributed by atoms with Crippen molar-refractivity contribution >= 4 is 50.4 Å². The number of aromatic nitrogens is 1. The first-order valence-corrected chi connectivity index (χ1v) is 12.2. The minimum absolute atomic E-state index is 0.0645. The molecule has 10 heteroatoms. The Bertz CT molecular complexity index is 1250. The Morgan fingerprint density at radius 1 is 1.21 bits per heavy atom. The molecule has 33 heavy (non-hydrogen) atoms. The van der Waals surface area contributed by atoms with Crippen LogP contribution < -0.4 is 9.70 Å². The molecular formula is C23H25ClN4O4S. The molecule has 8 nitrogen and oxygen atoms in total. The highest BCUT2D eigenvalue weighted by molar-refractivity contribution is 7.16. The van der Waals surface area contributed by atoms with Crippen LogP contribution in [0.4, 0.5) is 11.4 Å². The van der Waals surface area contributed by atoms with Crippen LogP contribution in [0.2, 0.25) is 5.02 Å². The molecular weight excluding hydrogens is 464 g/mol. The van der Waals surface area contributed by atoms with Crippen LogP contribution in [0.3, 0.4) is 0 Å². The second-order valence-corrected chi connectivity index (χ2v) is 9.22. The van der Waals surface area contributed by atoms with Crippen molar-refractivity contribution in [2.45, 2.75) is 32.7 Å². The number of rotatable bonds is 7. The van der Waals surface area contributed by atoms with Crippen LogP contribution in [0.5, 0.6) is 0 Å². The lowest BCUT2D eigenvalue weighted by atomic mass is 10.1. The van der Waals surface area contributed by atoms with Gasteiger partial charge in [-0.15, -0.1) is 0 Å². The van der Waals surface area contributed by atoms with Crippen molar-refractivity contribution in [3.8, 4) is 0 Å². The van der Waals surface area contributed by atoms with Crippen molar-refractivity contribution in [2.24, 2.45) is 4.99 Å². The molecule has 1 aromatic heterocycles. The van der Waals surface area contributed by atoms with Gasteiger partial charge in [-0.1, -0.05) is 22.9 Å². The first kappa shape index (κ1) is 23.4. The van der Waals surface area contributed by atoms with E-state index >= 15 is 0 Å². The maximum atomic E-state index is 13.0. The zero-order valence-electron chi connectivity index (χ0n) is 18.3. The summed E-state index contributed by atoms with van der Waals surface area (Å²) in [6.07, 6.45) is 3.14. The van der Waals surface area contributed by atoms with Crippen LogP contribution in [0.15, 0.2) is 41.4 Å². The van der Waals surface area contributed by atoms with Crippen molar-refractivity contribution in [3.05, 3.63) is 61.9 Å². The van der Waals surface area contributed by atoms with E-state index in [1.807, 2.05) is 28.5 Å². The number of fused-ring (bicyclic) bond motifs is 1. The molecule has 0 N–H and O–H groups in total. The van der Waals surface area contributed by atoms with E-state index in [1.165, 1.54) is 17.4 Å². The molecule has 174 valence electrons. The molecule has 0 aliphatic carbocycles. The van der Waals surface area contributed by atoms with Crippen LogP contribution in [-0.2, 0) is 11.3 Å². The fraction of sp³-hybridized carbons (Fsp3) is 0.391. The molecule has 0 radical (unpaired) electrons. The van der Waals surface area contributed by atoms with Crippen molar-refractivity contribution in [2.75, 3.05) is 31.2 Å². The second kappa shape index (κ2) is 10.5. The average Bonchev–Trinajstić information content (AvgIpc) is 3.15. The number of carbonyl (C=O) groups is 1. The summed E-state index contributed by atoms with van der Waals surface area (Å²) in [5, 5.41) is 12.4. The first-order chi connectivity index (χ1) is 16.0. The van der Waals surface area contributed by atoms with Gasteiger partial charge in [0.1, 0.15) is 5.69 Å². The summed E-state index contributed by atoms with van der Waals surface area (Å²) in [7, 11) is 0. The molecule has 3 aromatic rings. The number of amides is 1. The van der Waals surface area contributed by atoms with Crippen LogP contribution in [0.1, 0.15) is 36.5 Å². The number of hydrogen-bond acceptors (Lipinski definition) is 6. The van der Waals surface area contributed by atoms with Crippen molar-refractivity contribution in [1.29, 1.82) is 0 Å². The Hall–Kier alpha value is -2.75. The number of benzene rings is 2. The van der Waals surface area contributed by atoms with Crippen LogP contribution in [-0.4, -0.2) is 41.7 Å². The summed E-state index contributed by atoms with van der Waals surface area (Å²) in [5.41, 5.74) is 1.58. The molecule has 1 saturated heterocycles. The lowest BCUT2D eigenvalue weighted by Crippen LogP contribution is -2.30. The van der Waals surface area contributed by atoms with E-state index in [2.05, 4.69) is 4.99 Å². The lowest BCUT2D eigenvalue weighted by Gasteiger charge is -2.28. The summed E-state index contributed by atoms with van der Waals surface area (Å²) in [6, 6.07) is 10.1. The molecule has 4 rings (SSSR count). The Morgan fingerprint density at radius 2 is 2.00 bits per heavy atom. The molecule has 2 aromatic carbocycles. The van der Waals surface area contributed by atoms with Gasteiger partial charge in [-0.2, -0.15) is 4.99 Å². The third-order valence-corrected chi connectivity index (χ3v) is 6.90. The molecule has 0 saturated carbocycles. The Kier molecular flexibility index (Phi) is 7.42. The third-order valence-electron chi connectivity index (χ3n) is 5.62. The van der Waals surface area contributed by atoms with Gasteiger partial charge in [0.05, 0.1) is 21.7 Å². The molecule has 0 unspecified atom stereocenters. The normalized spacial score (nSPS) is 14.7. The van der Waals surface area contributed by atoms with Crippen LogP contribution in [0, 0.1) is 10.1 Å². The Labute approximate surface area is 200 Å². The van der Waals surface area contributed by atoms with Crippen LogP contribution >= 0.6 is 22.9 Å². The van der Waals surface area contributed by atoms with Crippen molar-refractivity contribution < 1.29 is 14.5 Å². The second-order valence-electron chi connectivity index (χ2n) is 7.77. The van der Waals surface area contributed by atoms with Gasteiger partial charge in [-0.3, -0.25) is 14.9 Å². The van der Waals surface area contributed by atoms with Gasteiger partial charge in [0.25, 0.3) is 11.6 Å². The van der Waals surface area contributed by atoms with Gasteiger partial charge in [-0.25, -0.2) is 0 Å². The standard InChI is InChI=1S/C23H25ClN4O4S/c1-2-32-13-12-27-19-9-7-17(24)15-21(19)33-23(27)25-22(29)16-6-8-18(20(14-16)28(30)31)26-10-4-3-5-11-26/h6-9,14-15H,2-5,10-13H2,1H3. The van der Waals surface area contributed by atoms with E-state index in [0.29, 0.717) is 35.3 Å². The van der Waals surface area contributed by atoms with Crippen LogP contribution in [0.25, 0.3) is 10.2 Å². The van der Waals surface area contributed by atoms with Gasteiger partial charge in [0.2, 0.25) is 0 Å². The number of halogens is 1. The van der Waals surface area contributed by atoms with Gasteiger partial charge >= 0.3 is 0 Å². The average molecular weight is 489 g/mol. The smallest absolute Gasteiger partial charge is 0.293 e. The predicted octanol–water partition coefficient (Wildman–Crippen LogP) is 5.03. The van der Waals surface area contributed by atoms with Crippen molar-refractivity contribution in [1.82, 2.24) is 4.57 Å². The summed E-state index contributed by atoms with van der Waals surface area (Å²) < 4.78 is 8.31. The summed E-state index contributed by atoms with van der Waals surface area (Å²) in [4.78, 5) is 31.2. The highest BCUT2D eigenvalue weighted by Gasteiger charge is 2.23. The number of thiazole rings is 1. The Morgan fingerprint density at radius 3 is 2.73 bits per heavy atom. The highest BCUT2D eigenvalue weighted by Crippen LogP contribution is 2.31. The number of carbonyl (C=O) groups excluding carboxylic acids is 1. The number of anilines is 1. The van der Waals surface area contributed by atoms with E-state index in [-0.39, 0.29) is 11.3 Å². The van der Waals surface area contributed by atoms with E-state index < -0.39 is 10.8 Å². The fourth-order valence-corrected chi connectivity index (χ4v) is 5.34. The molecule has 0 atom stereocenters. The topological polar surface area (TPSA) is 90.0 Å². The minimum atomic E-state index is -0.522. The molecule has 1 aliphatic heterocycles. The predicted molar refractivity (Wildman–Crippen MR) is 130 cm³/mol. The van der Waals surface area contributed by atoms with Crippen molar-refractivity contribution in [3.63, 3.8) is 0 Å². The highest BCUT2D eigenvalue weighted by atomic mass is 35.5. The number of ether oxygens (including phenoxy) is 1. The zero-order chi connectivity index (χ0) is 23.4. The molecule has 1 fully saturated rings.